The van der Waals surface area contributed by atoms with Crippen molar-refractivity contribution < 1.29 is 4.79 Å². The van der Waals surface area contributed by atoms with E-state index in [0.29, 0.717) is 11.3 Å². The van der Waals surface area contributed by atoms with Gasteiger partial charge in [-0.05, 0) is 24.3 Å². The second kappa shape index (κ2) is 6.66. The van der Waals surface area contributed by atoms with Gasteiger partial charge < -0.3 is 5.32 Å². The lowest BCUT2D eigenvalue weighted by atomic mass is 10.2. The summed E-state index contributed by atoms with van der Waals surface area (Å²) in [5.41, 5.74) is 1.22. The van der Waals surface area contributed by atoms with E-state index < -0.39 is 0 Å². The van der Waals surface area contributed by atoms with Gasteiger partial charge in [0.05, 0.1) is 11.6 Å². The Hall–Kier alpha value is -2.68. The van der Waals surface area contributed by atoms with Gasteiger partial charge in [0, 0.05) is 18.5 Å². The van der Waals surface area contributed by atoms with E-state index >= 15 is 0 Å². The smallest absolute Gasteiger partial charge is 0.246 e. The number of nitriles is 1. The van der Waals surface area contributed by atoms with E-state index in [4.69, 9.17) is 5.26 Å². The maximum Gasteiger partial charge on any atom is 0.246 e. The van der Waals surface area contributed by atoms with Crippen LogP contribution in [0.5, 0.6) is 0 Å². The van der Waals surface area contributed by atoms with Gasteiger partial charge in [-0.15, -0.1) is 0 Å². The van der Waals surface area contributed by atoms with Gasteiger partial charge in [0.25, 0.3) is 0 Å². The number of nitrogens with zero attached hydrogens (tertiary/aromatic N) is 4. The van der Waals surface area contributed by atoms with E-state index in [9.17, 15) is 4.79 Å². The average molecular weight is 283 g/mol. The van der Waals surface area contributed by atoms with Gasteiger partial charge in [-0.3, -0.25) is 4.79 Å². The molecule has 0 atom stereocenters. The zero-order valence-corrected chi connectivity index (χ0v) is 12.1. The Morgan fingerprint density at radius 3 is 2.57 bits per heavy atom. The molecule has 0 radical (unpaired) electrons. The van der Waals surface area contributed by atoms with E-state index in [1.54, 1.807) is 28.9 Å². The van der Waals surface area contributed by atoms with Crippen LogP contribution in [0.1, 0.15) is 31.1 Å². The van der Waals surface area contributed by atoms with Crippen molar-refractivity contribution in [2.75, 3.05) is 5.32 Å². The molecule has 0 saturated carbocycles. The van der Waals surface area contributed by atoms with Crippen molar-refractivity contribution in [1.29, 1.82) is 5.26 Å². The molecule has 0 aliphatic rings. The summed E-state index contributed by atoms with van der Waals surface area (Å²) < 4.78 is 1.64. The molecule has 0 unspecified atom stereocenters. The number of carbonyl (C=O) groups excluding carboxylic acids is 1. The van der Waals surface area contributed by atoms with Crippen molar-refractivity contribution in [3.05, 3.63) is 41.5 Å². The van der Waals surface area contributed by atoms with Crippen LogP contribution in [0.25, 0.3) is 0 Å². The van der Waals surface area contributed by atoms with Crippen molar-refractivity contribution >= 4 is 11.6 Å². The summed E-state index contributed by atoms with van der Waals surface area (Å²) >= 11 is 0. The summed E-state index contributed by atoms with van der Waals surface area (Å²) in [5.74, 6) is 1.39. The first-order valence-electron chi connectivity index (χ1n) is 6.88. The number of amides is 1. The number of anilines is 1. The quantitative estimate of drug-likeness (QED) is 0.908. The molecule has 1 heterocycles. The Morgan fingerprint density at radius 2 is 2.00 bits per heavy atom. The number of aromatic nitrogens is 3. The normalized spacial score (nSPS) is 10.1. The first-order chi connectivity index (χ1) is 10.2. The molecule has 108 valence electrons. The van der Waals surface area contributed by atoms with Gasteiger partial charge in [0.2, 0.25) is 5.91 Å². The fourth-order valence-corrected chi connectivity index (χ4v) is 1.93. The molecular formula is C15H17N5O. The molecule has 0 aliphatic carbocycles. The van der Waals surface area contributed by atoms with Gasteiger partial charge in [0.15, 0.2) is 5.82 Å². The minimum Gasteiger partial charge on any atom is -0.324 e. The third kappa shape index (κ3) is 3.66. The highest BCUT2D eigenvalue weighted by atomic mass is 16.2. The molecule has 21 heavy (non-hydrogen) atoms. The standard InChI is InChI=1S/C15H17N5O/c1-3-13-18-14(4-2)20(19-13)10-15(21)17-12-7-5-11(9-16)6-8-12/h5-8H,3-4,10H2,1-2H3,(H,17,21). The largest absolute Gasteiger partial charge is 0.324 e. The van der Waals surface area contributed by atoms with Crippen LogP contribution < -0.4 is 5.32 Å². The fraction of sp³-hybridized carbons (Fsp3) is 0.333. The molecule has 0 aliphatic heterocycles. The van der Waals surface area contributed by atoms with Gasteiger partial charge >= 0.3 is 0 Å². The summed E-state index contributed by atoms with van der Waals surface area (Å²) in [6, 6.07) is 8.77. The Balaban J connectivity index is 2.04. The van der Waals surface area contributed by atoms with Crippen molar-refractivity contribution in [2.45, 2.75) is 33.2 Å². The third-order valence-corrected chi connectivity index (χ3v) is 3.02. The van der Waals surface area contributed by atoms with Crippen LogP contribution in [0.2, 0.25) is 0 Å². The summed E-state index contributed by atoms with van der Waals surface area (Å²) in [7, 11) is 0. The van der Waals surface area contributed by atoms with Crippen LogP contribution >= 0.6 is 0 Å². The molecule has 1 aromatic carbocycles. The van der Waals surface area contributed by atoms with E-state index in [1.807, 2.05) is 19.9 Å². The van der Waals surface area contributed by atoms with Crippen molar-refractivity contribution in [3.8, 4) is 6.07 Å². The predicted octanol–water partition coefficient (Wildman–Crippen LogP) is 1.91. The molecule has 6 nitrogen and oxygen atoms in total. The lowest BCUT2D eigenvalue weighted by Gasteiger charge is -2.06. The van der Waals surface area contributed by atoms with E-state index in [2.05, 4.69) is 15.4 Å². The van der Waals surface area contributed by atoms with Gasteiger partial charge in [0.1, 0.15) is 12.4 Å². The summed E-state index contributed by atoms with van der Waals surface area (Å²) in [5, 5.41) is 15.8. The van der Waals surface area contributed by atoms with Crippen LogP contribution in [-0.4, -0.2) is 20.7 Å². The molecule has 0 fully saturated rings. The van der Waals surface area contributed by atoms with Crippen LogP contribution in [0, 0.1) is 11.3 Å². The van der Waals surface area contributed by atoms with Crippen LogP contribution in [0.4, 0.5) is 5.69 Å². The van der Waals surface area contributed by atoms with Crippen molar-refractivity contribution in [1.82, 2.24) is 14.8 Å². The number of carbonyl (C=O) groups is 1. The van der Waals surface area contributed by atoms with Gasteiger partial charge in [-0.2, -0.15) is 10.4 Å². The number of hydrogen-bond acceptors (Lipinski definition) is 4. The monoisotopic (exact) mass is 283 g/mol. The lowest BCUT2D eigenvalue weighted by Crippen LogP contribution is -2.21. The van der Waals surface area contributed by atoms with Crippen LogP contribution in [-0.2, 0) is 24.2 Å². The topological polar surface area (TPSA) is 83.6 Å². The number of rotatable bonds is 5. The third-order valence-electron chi connectivity index (χ3n) is 3.02. The Bertz CT molecular complexity index is 666. The maximum absolute atomic E-state index is 12.0. The summed E-state index contributed by atoms with van der Waals surface area (Å²) in [6.45, 7) is 4.10. The average Bonchev–Trinajstić information content (AvgIpc) is 2.90. The Kier molecular flexibility index (Phi) is 4.67. The summed E-state index contributed by atoms with van der Waals surface area (Å²) in [6.07, 6.45) is 1.48. The maximum atomic E-state index is 12.0. The first-order valence-corrected chi connectivity index (χ1v) is 6.88. The molecule has 6 heteroatoms. The second-order valence-electron chi connectivity index (χ2n) is 4.55. The predicted molar refractivity (Wildman–Crippen MR) is 78.6 cm³/mol. The molecular weight excluding hydrogens is 266 g/mol. The minimum absolute atomic E-state index is 0.135. The van der Waals surface area contributed by atoms with Crippen molar-refractivity contribution in [3.63, 3.8) is 0 Å². The highest BCUT2D eigenvalue weighted by molar-refractivity contribution is 5.90. The zero-order valence-electron chi connectivity index (χ0n) is 12.1. The molecule has 0 saturated heterocycles. The Morgan fingerprint density at radius 1 is 1.29 bits per heavy atom. The van der Waals surface area contributed by atoms with Crippen LogP contribution in [0.15, 0.2) is 24.3 Å². The number of aryl methyl sites for hydroxylation is 2. The van der Waals surface area contributed by atoms with Crippen molar-refractivity contribution in [2.24, 2.45) is 0 Å². The molecule has 1 aromatic heterocycles. The SMILES string of the molecule is CCc1nc(CC)n(CC(=O)Nc2ccc(C#N)cc2)n1. The van der Waals surface area contributed by atoms with Gasteiger partial charge in [-0.1, -0.05) is 13.8 Å². The second-order valence-corrected chi connectivity index (χ2v) is 4.55. The molecule has 1 amide bonds. The molecule has 0 bridgehead atoms. The number of hydrogen-bond donors (Lipinski definition) is 1. The Labute approximate surface area is 123 Å². The highest BCUT2D eigenvalue weighted by Crippen LogP contribution is 2.09. The van der Waals surface area contributed by atoms with Gasteiger partial charge in [-0.25, -0.2) is 9.67 Å². The molecule has 2 rings (SSSR count). The highest BCUT2D eigenvalue weighted by Gasteiger charge is 2.11. The lowest BCUT2D eigenvalue weighted by molar-refractivity contribution is -0.116. The molecule has 2 aromatic rings. The minimum atomic E-state index is -0.165. The molecule has 1 N–H and O–H groups in total. The number of nitrogens with one attached hydrogen (secondary N) is 1. The fourth-order valence-electron chi connectivity index (χ4n) is 1.93. The number of benzene rings is 1. The summed E-state index contributed by atoms with van der Waals surface area (Å²) in [4.78, 5) is 16.4. The first kappa shape index (κ1) is 14.7. The zero-order chi connectivity index (χ0) is 15.2. The van der Waals surface area contributed by atoms with E-state index in [1.165, 1.54) is 0 Å². The molecule has 0 spiro atoms. The van der Waals surface area contributed by atoms with E-state index in [0.717, 1.165) is 24.5 Å². The van der Waals surface area contributed by atoms with E-state index in [-0.39, 0.29) is 12.5 Å². The van der Waals surface area contributed by atoms with Crippen LogP contribution in [0.3, 0.4) is 0 Å².